The molecule has 2 unspecified atom stereocenters. The fraction of sp³-hybridized carbons (Fsp3) is 0.667. The van der Waals surface area contributed by atoms with Gasteiger partial charge >= 0.3 is 0 Å². The molecular formula is C18H29N3. The van der Waals surface area contributed by atoms with Crippen molar-refractivity contribution in [1.82, 2.24) is 4.90 Å². The Balaban J connectivity index is 1.73. The normalized spacial score (nSPS) is 26.7. The summed E-state index contributed by atoms with van der Waals surface area (Å²) in [6, 6.07) is 7.61. The molecule has 0 aliphatic carbocycles. The van der Waals surface area contributed by atoms with E-state index in [-0.39, 0.29) is 0 Å². The molecule has 2 N–H and O–H groups in total. The highest BCUT2D eigenvalue weighted by Crippen LogP contribution is 2.29. The van der Waals surface area contributed by atoms with Crippen LogP contribution in [0.2, 0.25) is 0 Å². The lowest BCUT2D eigenvalue weighted by Gasteiger charge is -2.38. The quantitative estimate of drug-likeness (QED) is 0.927. The SMILES string of the molecule is CC1CCN(Cc2ccc3c(c2)CCCN3C)C(CN)C1. The second-order valence-corrected chi connectivity index (χ2v) is 6.98. The van der Waals surface area contributed by atoms with Gasteiger partial charge in [0, 0.05) is 38.4 Å². The van der Waals surface area contributed by atoms with Gasteiger partial charge in [0.1, 0.15) is 0 Å². The van der Waals surface area contributed by atoms with Crippen molar-refractivity contribution in [2.24, 2.45) is 11.7 Å². The summed E-state index contributed by atoms with van der Waals surface area (Å²) in [4.78, 5) is 4.97. The van der Waals surface area contributed by atoms with Crippen molar-refractivity contribution >= 4 is 5.69 Å². The summed E-state index contributed by atoms with van der Waals surface area (Å²) in [5.41, 5.74) is 10.4. The molecule has 2 heterocycles. The average Bonchev–Trinajstić information content (AvgIpc) is 2.49. The molecule has 0 radical (unpaired) electrons. The monoisotopic (exact) mass is 287 g/mol. The third-order valence-electron chi connectivity index (χ3n) is 5.25. The number of nitrogens with zero attached hydrogens (tertiary/aromatic N) is 2. The number of aryl methyl sites for hydroxylation is 1. The molecule has 1 aromatic rings. The van der Waals surface area contributed by atoms with Gasteiger partial charge in [0.15, 0.2) is 0 Å². The molecule has 0 aromatic heterocycles. The number of hydrogen-bond donors (Lipinski definition) is 1. The van der Waals surface area contributed by atoms with E-state index in [2.05, 4.69) is 42.0 Å². The maximum atomic E-state index is 5.99. The van der Waals surface area contributed by atoms with Gasteiger partial charge in [-0.1, -0.05) is 19.1 Å². The summed E-state index contributed by atoms with van der Waals surface area (Å²) in [5.74, 6) is 0.826. The first-order valence-electron chi connectivity index (χ1n) is 8.44. The molecule has 1 saturated heterocycles. The highest BCUT2D eigenvalue weighted by Gasteiger charge is 2.25. The van der Waals surface area contributed by atoms with Crippen LogP contribution in [-0.4, -0.2) is 37.6 Å². The van der Waals surface area contributed by atoms with Crippen LogP contribution in [-0.2, 0) is 13.0 Å². The van der Waals surface area contributed by atoms with E-state index in [0.29, 0.717) is 6.04 Å². The number of anilines is 1. The van der Waals surface area contributed by atoms with E-state index in [1.807, 2.05) is 0 Å². The highest BCUT2D eigenvalue weighted by molar-refractivity contribution is 5.56. The lowest BCUT2D eigenvalue weighted by atomic mass is 9.91. The fourth-order valence-corrected chi connectivity index (χ4v) is 3.93. The summed E-state index contributed by atoms with van der Waals surface area (Å²) in [5, 5.41) is 0. The van der Waals surface area contributed by atoms with Gasteiger partial charge in [0.2, 0.25) is 0 Å². The average molecular weight is 287 g/mol. The summed E-state index contributed by atoms with van der Waals surface area (Å²) in [7, 11) is 2.20. The van der Waals surface area contributed by atoms with Crippen molar-refractivity contribution in [3.8, 4) is 0 Å². The molecular weight excluding hydrogens is 258 g/mol. The molecule has 1 fully saturated rings. The number of rotatable bonds is 3. The van der Waals surface area contributed by atoms with Crippen LogP contribution in [0.25, 0.3) is 0 Å². The number of likely N-dealkylation sites (tertiary alicyclic amines) is 1. The zero-order valence-electron chi connectivity index (χ0n) is 13.5. The molecule has 0 saturated carbocycles. The number of nitrogens with two attached hydrogens (primary N) is 1. The first kappa shape index (κ1) is 14.9. The van der Waals surface area contributed by atoms with Gasteiger partial charge < -0.3 is 10.6 Å². The van der Waals surface area contributed by atoms with E-state index < -0.39 is 0 Å². The third-order valence-corrected chi connectivity index (χ3v) is 5.25. The Morgan fingerprint density at radius 3 is 2.95 bits per heavy atom. The topological polar surface area (TPSA) is 32.5 Å². The Labute approximate surface area is 129 Å². The third kappa shape index (κ3) is 3.24. The van der Waals surface area contributed by atoms with Crippen molar-refractivity contribution in [2.45, 2.75) is 45.2 Å². The van der Waals surface area contributed by atoms with Gasteiger partial charge in [-0.3, -0.25) is 4.90 Å². The number of benzene rings is 1. The molecule has 1 aromatic carbocycles. The summed E-state index contributed by atoms with van der Waals surface area (Å²) >= 11 is 0. The molecule has 21 heavy (non-hydrogen) atoms. The Morgan fingerprint density at radius 1 is 1.29 bits per heavy atom. The van der Waals surface area contributed by atoms with Crippen LogP contribution in [0.3, 0.4) is 0 Å². The largest absolute Gasteiger partial charge is 0.374 e. The Hall–Kier alpha value is -1.06. The van der Waals surface area contributed by atoms with Crippen molar-refractivity contribution < 1.29 is 0 Å². The Bertz CT molecular complexity index is 485. The zero-order valence-corrected chi connectivity index (χ0v) is 13.5. The first-order chi connectivity index (χ1) is 10.2. The van der Waals surface area contributed by atoms with Crippen LogP contribution < -0.4 is 10.6 Å². The number of piperidine rings is 1. The first-order valence-corrected chi connectivity index (χ1v) is 8.44. The van der Waals surface area contributed by atoms with Crippen LogP contribution in [0.5, 0.6) is 0 Å². The molecule has 3 heteroatoms. The molecule has 2 aliphatic heterocycles. The van der Waals surface area contributed by atoms with Gasteiger partial charge in [-0.2, -0.15) is 0 Å². The standard InChI is InChI=1S/C18H29N3/c1-14-7-9-21(17(10-14)12-19)13-15-5-6-18-16(11-15)4-3-8-20(18)2/h5-6,11,14,17H,3-4,7-10,12-13,19H2,1-2H3. The minimum atomic E-state index is 0.562. The highest BCUT2D eigenvalue weighted by atomic mass is 15.2. The maximum absolute atomic E-state index is 5.99. The molecule has 0 spiro atoms. The van der Waals surface area contributed by atoms with E-state index in [1.165, 1.54) is 55.6 Å². The maximum Gasteiger partial charge on any atom is 0.0396 e. The molecule has 0 bridgehead atoms. The van der Waals surface area contributed by atoms with E-state index in [4.69, 9.17) is 5.73 Å². The van der Waals surface area contributed by atoms with Crippen molar-refractivity contribution in [3.05, 3.63) is 29.3 Å². The molecule has 3 nitrogen and oxygen atoms in total. The second kappa shape index (κ2) is 6.37. The lowest BCUT2D eigenvalue weighted by molar-refractivity contribution is 0.115. The van der Waals surface area contributed by atoms with Crippen LogP contribution >= 0.6 is 0 Å². The van der Waals surface area contributed by atoms with Crippen molar-refractivity contribution in [3.63, 3.8) is 0 Å². The molecule has 116 valence electrons. The molecule has 3 rings (SSSR count). The van der Waals surface area contributed by atoms with Crippen molar-refractivity contribution in [2.75, 3.05) is 31.6 Å². The summed E-state index contributed by atoms with van der Waals surface area (Å²) < 4.78 is 0. The Kier molecular flexibility index (Phi) is 4.51. The van der Waals surface area contributed by atoms with E-state index >= 15 is 0 Å². The smallest absolute Gasteiger partial charge is 0.0396 e. The van der Waals surface area contributed by atoms with E-state index in [0.717, 1.165) is 19.0 Å². The van der Waals surface area contributed by atoms with Crippen LogP contribution in [0.4, 0.5) is 5.69 Å². The van der Waals surface area contributed by atoms with Gasteiger partial charge in [-0.15, -0.1) is 0 Å². The van der Waals surface area contributed by atoms with Crippen LogP contribution in [0, 0.1) is 5.92 Å². The van der Waals surface area contributed by atoms with Crippen LogP contribution in [0.15, 0.2) is 18.2 Å². The Morgan fingerprint density at radius 2 is 2.14 bits per heavy atom. The number of hydrogen-bond acceptors (Lipinski definition) is 3. The van der Waals surface area contributed by atoms with Gasteiger partial charge in [-0.25, -0.2) is 0 Å². The fourth-order valence-electron chi connectivity index (χ4n) is 3.93. The predicted octanol–water partition coefficient (Wildman–Crippen LogP) is 2.63. The van der Waals surface area contributed by atoms with Gasteiger partial charge in [0.25, 0.3) is 0 Å². The van der Waals surface area contributed by atoms with Crippen molar-refractivity contribution in [1.29, 1.82) is 0 Å². The molecule has 2 atom stereocenters. The lowest BCUT2D eigenvalue weighted by Crippen LogP contribution is -2.45. The zero-order chi connectivity index (χ0) is 14.8. The second-order valence-electron chi connectivity index (χ2n) is 6.98. The van der Waals surface area contributed by atoms with Crippen LogP contribution in [0.1, 0.15) is 37.3 Å². The van der Waals surface area contributed by atoms with E-state index in [1.54, 1.807) is 0 Å². The number of fused-ring (bicyclic) bond motifs is 1. The minimum Gasteiger partial charge on any atom is -0.374 e. The summed E-state index contributed by atoms with van der Waals surface area (Å²) in [6.07, 6.45) is 5.07. The predicted molar refractivity (Wildman–Crippen MR) is 89.7 cm³/mol. The minimum absolute atomic E-state index is 0.562. The molecule has 0 amide bonds. The molecule has 2 aliphatic rings. The summed E-state index contributed by atoms with van der Waals surface area (Å²) in [6.45, 7) is 6.59. The van der Waals surface area contributed by atoms with E-state index in [9.17, 15) is 0 Å². The van der Waals surface area contributed by atoms with Gasteiger partial charge in [0.05, 0.1) is 0 Å². The van der Waals surface area contributed by atoms with Gasteiger partial charge in [-0.05, 0) is 55.3 Å².